The van der Waals surface area contributed by atoms with E-state index in [1.807, 2.05) is 25.6 Å². The van der Waals surface area contributed by atoms with Crippen LogP contribution in [-0.2, 0) is 9.53 Å². The number of rotatable bonds is 5. The Hall–Kier alpha value is -0.180. The minimum Gasteiger partial charge on any atom is -0.463 e. The van der Waals surface area contributed by atoms with Crippen LogP contribution in [0.15, 0.2) is 0 Å². The SMILES string of the molecule is CC(C)OC(=O)CC1CCCCC1SC(C)C. The molecule has 1 saturated carbocycles. The lowest BCUT2D eigenvalue weighted by atomic mass is 9.86. The Kier molecular flexibility index (Phi) is 6.39. The molecule has 0 N–H and O–H groups in total. The molecule has 0 bridgehead atoms. The highest BCUT2D eigenvalue weighted by atomic mass is 32.2. The third-order valence-corrected chi connectivity index (χ3v) is 4.60. The number of esters is 1. The zero-order valence-electron chi connectivity index (χ0n) is 11.6. The van der Waals surface area contributed by atoms with Crippen molar-refractivity contribution < 1.29 is 9.53 Å². The quantitative estimate of drug-likeness (QED) is 0.696. The lowest BCUT2D eigenvalue weighted by Crippen LogP contribution is -2.27. The van der Waals surface area contributed by atoms with E-state index in [1.165, 1.54) is 25.7 Å². The van der Waals surface area contributed by atoms with Crippen molar-refractivity contribution in [1.82, 2.24) is 0 Å². The van der Waals surface area contributed by atoms with Crippen LogP contribution in [-0.4, -0.2) is 22.6 Å². The maximum atomic E-state index is 11.7. The van der Waals surface area contributed by atoms with Gasteiger partial charge in [0, 0.05) is 11.7 Å². The van der Waals surface area contributed by atoms with Crippen molar-refractivity contribution in [3.05, 3.63) is 0 Å². The Morgan fingerprint density at radius 1 is 1.24 bits per heavy atom. The van der Waals surface area contributed by atoms with E-state index in [0.29, 0.717) is 22.8 Å². The van der Waals surface area contributed by atoms with Crippen molar-refractivity contribution in [3.8, 4) is 0 Å². The lowest BCUT2D eigenvalue weighted by Gasteiger charge is -2.31. The summed E-state index contributed by atoms with van der Waals surface area (Å²) in [6.07, 6.45) is 5.68. The molecule has 0 heterocycles. The van der Waals surface area contributed by atoms with E-state index in [0.717, 1.165) is 0 Å². The number of thioether (sulfide) groups is 1. The van der Waals surface area contributed by atoms with Crippen molar-refractivity contribution in [2.45, 2.75) is 76.4 Å². The fraction of sp³-hybridized carbons (Fsp3) is 0.929. The molecule has 0 radical (unpaired) electrons. The third kappa shape index (κ3) is 5.80. The van der Waals surface area contributed by atoms with Gasteiger partial charge >= 0.3 is 5.97 Å². The third-order valence-electron chi connectivity index (χ3n) is 3.08. The molecule has 100 valence electrons. The van der Waals surface area contributed by atoms with E-state index in [1.54, 1.807) is 0 Å². The molecule has 0 aromatic rings. The smallest absolute Gasteiger partial charge is 0.306 e. The summed E-state index contributed by atoms with van der Waals surface area (Å²) >= 11 is 2.04. The average Bonchev–Trinajstić information content (AvgIpc) is 2.18. The second-order valence-corrected chi connectivity index (χ2v) is 7.33. The van der Waals surface area contributed by atoms with Crippen LogP contribution >= 0.6 is 11.8 Å². The molecule has 0 spiro atoms. The van der Waals surface area contributed by atoms with Crippen LogP contribution in [0, 0.1) is 5.92 Å². The summed E-state index contributed by atoms with van der Waals surface area (Å²) in [7, 11) is 0. The minimum atomic E-state index is -0.0127. The number of carbonyl (C=O) groups is 1. The van der Waals surface area contributed by atoms with Gasteiger partial charge in [0.15, 0.2) is 0 Å². The second-order valence-electron chi connectivity index (χ2n) is 5.51. The number of hydrogen-bond acceptors (Lipinski definition) is 3. The van der Waals surface area contributed by atoms with Crippen LogP contribution in [0.5, 0.6) is 0 Å². The molecule has 1 aliphatic rings. The molecule has 0 aromatic heterocycles. The van der Waals surface area contributed by atoms with Crippen LogP contribution in [0.25, 0.3) is 0 Å². The van der Waals surface area contributed by atoms with E-state index in [4.69, 9.17) is 4.74 Å². The van der Waals surface area contributed by atoms with Gasteiger partial charge in [0.25, 0.3) is 0 Å². The summed E-state index contributed by atoms with van der Waals surface area (Å²) in [5.41, 5.74) is 0. The van der Waals surface area contributed by atoms with Crippen molar-refractivity contribution in [2.24, 2.45) is 5.92 Å². The van der Waals surface area contributed by atoms with Gasteiger partial charge in [-0.15, -0.1) is 0 Å². The number of ether oxygens (including phenoxy) is 1. The van der Waals surface area contributed by atoms with Crippen LogP contribution in [0.3, 0.4) is 0 Å². The van der Waals surface area contributed by atoms with Gasteiger partial charge in [-0.3, -0.25) is 4.79 Å². The van der Waals surface area contributed by atoms with E-state index in [2.05, 4.69) is 13.8 Å². The first kappa shape index (κ1) is 14.9. The van der Waals surface area contributed by atoms with Gasteiger partial charge in [-0.1, -0.05) is 26.7 Å². The summed E-state index contributed by atoms with van der Waals surface area (Å²) < 4.78 is 5.26. The molecular formula is C14H26O2S. The molecule has 1 aliphatic carbocycles. The van der Waals surface area contributed by atoms with Crippen molar-refractivity contribution in [1.29, 1.82) is 0 Å². The predicted molar refractivity (Wildman–Crippen MR) is 74.3 cm³/mol. The zero-order chi connectivity index (χ0) is 12.8. The Labute approximate surface area is 110 Å². The summed E-state index contributed by atoms with van der Waals surface area (Å²) in [6.45, 7) is 8.31. The first-order valence-electron chi connectivity index (χ1n) is 6.84. The van der Waals surface area contributed by atoms with Crippen molar-refractivity contribution >= 4 is 17.7 Å². The summed E-state index contributed by atoms with van der Waals surface area (Å²) in [5, 5.41) is 1.31. The first-order valence-corrected chi connectivity index (χ1v) is 7.78. The van der Waals surface area contributed by atoms with Gasteiger partial charge < -0.3 is 4.74 Å². The molecule has 17 heavy (non-hydrogen) atoms. The normalized spacial score (nSPS) is 25.3. The molecule has 0 aromatic carbocycles. The van der Waals surface area contributed by atoms with Crippen LogP contribution in [0.4, 0.5) is 0 Å². The van der Waals surface area contributed by atoms with Crippen molar-refractivity contribution in [3.63, 3.8) is 0 Å². The zero-order valence-corrected chi connectivity index (χ0v) is 12.4. The van der Waals surface area contributed by atoms with Gasteiger partial charge in [0.1, 0.15) is 0 Å². The van der Waals surface area contributed by atoms with E-state index in [-0.39, 0.29) is 12.1 Å². The van der Waals surface area contributed by atoms with E-state index >= 15 is 0 Å². The highest BCUT2D eigenvalue weighted by Gasteiger charge is 2.28. The molecular weight excluding hydrogens is 232 g/mol. The molecule has 1 fully saturated rings. The fourth-order valence-corrected chi connectivity index (χ4v) is 3.92. The Morgan fingerprint density at radius 3 is 2.47 bits per heavy atom. The summed E-state index contributed by atoms with van der Waals surface area (Å²) in [6, 6.07) is 0. The molecule has 3 heteroatoms. The predicted octanol–water partition coefficient (Wildman–Crippen LogP) is 4.03. The van der Waals surface area contributed by atoms with Gasteiger partial charge in [0.2, 0.25) is 0 Å². The number of hydrogen-bond donors (Lipinski definition) is 0. The molecule has 1 rings (SSSR count). The molecule has 2 unspecified atom stereocenters. The van der Waals surface area contributed by atoms with Crippen molar-refractivity contribution in [2.75, 3.05) is 0 Å². The van der Waals surface area contributed by atoms with Crippen LogP contribution < -0.4 is 0 Å². The largest absolute Gasteiger partial charge is 0.463 e. The number of carbonyl (C=O) groups excluding carboxylic acids is 1. The highest BCUT2D eigenvalue weighted by Crippen LogP contribution is 2.37. The average molecular weight is 258 g/mol. The van der Waals surface area contributed by atoms with E-state index in [9.17, 15) is 4.79 Å². The maximum absolute atomic E-state index is 11.7. The molecule has 2 atom stereocenters. The van der Waals surface area contributed by atoms with Gasteiger partial charge in [0.05, 0.1) is 6.10 Å². The fourth-order valence-electron chi connectivity index (χ4n) is 2.46. The maximum Gasteiger partial charge on any atom is 0.306 e. The lowest BCUT2D eigenvalue weighted by molar-refractivity contribution is -0.148. The van der Waals surface area contributed by atoms with Crippen LogP contribution in [0.2, 0.25) is 0 Å². The van der Waals surface area contributed by atoms with Gasteiger partial charge in [-0.05, 0) is 37.9 Å². The molecule has 0 saturated heterocycles. The Morgan fingerprint density at radius 2 is 1.88 bits per heavy atom. The standard InChI is InChI=1S/C14H26O2S/c1-10(2)16-14(15)9-12-7-5-6-8-13(12)17-11(3)4/h10-13H,5-9H2,1-4H3. The van der Waals surface area contributed by atoms with Gasteiger partial charge in [-0.2, -0.15) is 11.8 Å². The molecule has 2 nitrogen and oxygen atoms in total. The topological polar surface area (TPSA) is 26.3 Å². The minimum absolute atomic E-state index is 0.0127. The monoisotopic (exact) mass is 258 g/mol. The van der Waals surface area contributed by atoms with Gasteiger partial charge in [-0.25, -0.2) is 0 Å². The summed E-state index contributed by atoms with van der Waals surface area (Å²) in [5.74, 6) is 0.517. The Balaban J connectivity index is 2.44. The summed E-state index contributed by atoms with van der Waals surface area (Å²) in [4.78, 5) is 11.7. The first-order chi connectivity index (χ1) is 7.99. The molecule has 0 amide bonds. The van der Waals surface area contributed by atoms with Crippen LogP contribution in [0.1, 0.15) is 59.8 Å². The second kappa shape index (κ2) is 7.30. The highest BCUT2D eigenvalue weighted by molar-refractivity contribution is 8.00. The molecule has 0 aliphatic heterocycles. The Bertz CT molecular complexity index is 238. The van der Waals surface area contributed by atoms with E-state index < -0.39 is 0 Å².